The molecule has 1 fully saturated rings. The van der Waals surface area contributed by atoms with Gasteiger partial charge in [0.15, 0.2) is 5.13 Å². The zero-order valence-electron chi connectivity index (χ0n) is 15.3. The first kappa shape index (κ1) is 19.7. The van der Waals surface area contributed by atoms with Crippen LogP contribution in [0.4, 0.5) is 5.13 Å². The molecule has 1 aromatic carbocycles. The average Bonchev–Trinajstić information content (AvgIpc) is 3.15. The maximum absolute atomic E-state index is 12.9. The van der Waals surface area contributed by atoms with Crippen LogP contribution in [0.1, 0.15) is 19.3 Å². The summed E-state index contributed by atoms with van der Waals surface area (Å²) < 4.78 is 0.891. The Morgan fingerprint density at radius 3 is 2.67 bits per heavy atom. The number of amides is 3. The highest BCUT2D eigenvalue weighted by atomic mass is 35.5. The summed E-state index contributed by atoms with van der Waals surface area (Å²) in [5, 5.41) is 1.17. The number of benzene rings is 1. The van der Waals surface area contributed by atoms with Crippen molar-refractivity contribution in [1.82, 2.24) is 9.88 Å². The lowest BCUT2D eigenvalue weighted by Gasteiger charge is -2.22. The summed E-state index contributed by atoms with van der Waals surface area (Å²) >= 11 is 7.43. The van der Waals surface area contributed by atoms with Gasteiger partial charge in [0.1, 0.15) is 6.54 Å². The molecule has 1 N–H and O–H groups in total. The number of quaternary nitrogens is 1. The van der Waals surface area contributed by atoms with Crippen LogP contribution in [0.15, 0.2) is 18.2 Å². The Morgan fingerprint density at radius 2 is 2.00 bits per heavy atom. The zero-order valence-corrected chi connectivity index (χ0v) is 16.9. The molecule has 7 nitrogen and oxygen atoms in total. The number of nitrogens with zero attached hydrogens (tertiary/aromatic N) is 3. The Labute approximate surface area is 166 Å². The van der Waals surface area contributed by atoms with Crippen LogP contribution in [0.3, 0.4) is 0 Å². The third-order valence-electron chi connectivity index (χ3n) is 4.38. The predicted octanol–water partition coefficient (Wildman–Crippen LogP) is 0.966. The molecule has 2 aromatic rings. The summed E-state index contributed by atoms with van der Waals surface area (Å²) in [6.07, 6.45) is 1.14. The number of anilines is 1. The van der Waals surface area contributed by atoms with E-state index in [1.54, 1.807) is 11.0 Å². The maximum Gasteiger partial charge on any atom is 0.248 e. The maximum atomic E-state index is 12.9. The van der Waals surface area contributed by atoms with Gasteiger partial charge in [0.25, 0.3) is 0 Å². The van der Waals surface area contributed by atoms with Gasteiger partial charge in [0.05, 0.1) is 30.9 Å². The molecule has 144 valence electrons. The van der Waals surface area contributed by atoms with Gasteiger partial charge in [-0.3, -0.25) is 24.2 Å². The third-order valence-corrected chi connectivity index (χ3v) is 5.65. The van der Waals surface area contributed by atoms with Crippen molar-refractivity contribution in [2.24, 2.45) is 0 Å². The molecule has 3 amide bonds. The van der Waals surface area contributed by atoms with Crippen molar-refractivity contribution < 1.29 is 19.3 Å². The van der Waals surface area contributed by atoms with Crippen LogP contribution in [0, 0.1) is 0 Å². The van der Waals surface area contributed by atoms with E-state index in [9.17, 15) is 14.4 Å². The first-order valence-electron chi connectivity index (χ1n) is 8.84. The number of fused-ring (bicyclic) bond motifs is 1. The fourth-order valence-electron chi connectivity index (χ4n) is 2.94. The van der Waals surface area contributed by atoms with Crippen LogP contribution < -0.4 is 9.80 Å². The molecular weight excluding hydrogens is 388 g/mol. The Morgan fingerprint density at radius 1 is 1.30 bits per heavy atom. The monoisotopic (exact) mass is 409 g/mol. The van der Waals surface area contributed by atoms with Crippen LogP contribution in [0.5, 0.6) is 0 Å². The molecule has 1 aromatic heterocycles. The van der Waals surface area contributed by atoms with Crippen LogP contribution in [-0.2, 0) is 14.4 Å². The van der Waals surface area contributed by atoms with Crippen molar-refractivity contribution in [3.63, 3.8) is 0 Å². The summed E-state index contributed by atoms with van der Waals surface area (Å²) in [6, 6.07) is 5.40. The number of hydrogen-bond donors (Lipinski definition) is 1. The van der Waals surface area contributed by atoms with Gasteiger partial charge in [-0.15, -0.1) is 0 Å². The minimum atomic E-state index is -0.294. The third kappa shape index (κ3) is 4.63. The molecule has 0 aliphatic carbocycles. The van der Waals surface area contributed by atoms with E-state index >= 15 is 0 Å². The molecule has 0 saturated carbocycles. The lowest BCUT2D eigenvalue weighted by Crippen LogP contribution is -3.05. The van der Waals surface area contributed by atoms with Gasteiger partial charge in [-0.05, 0) is 18.2 Å². The molecule has 27 heavy (non-hydrogen) atoms. The molecule has 1 aliphatic heterocycles. The lowest BCUT2D eigenvalue weighted by atomic mass is 10.3. The topological polar surface area (TPSA) is 75.0 Å². The van der Waals surface area contributed by atoms with E-state index in [1.165, 1.54) is 16.2 Å². The molecule has 0 spiro atoms. The van der Waals surface area contributed by atoms with Crippen molar-refractivity contribution >= 4 is 56.0 Å². The number of nitrogens with one attached hydrogen (secondary N) is 1. The van der Waals surface area contributed by atoms with Gasteiger partial charge in [-0.25, -0.2) is 4.98 Å². The SMILES string of the molecule is C[NH+](C)CCCN(C(=O)CN1C(=O)CCC1=O)c1nc2ccc(Cl)cc2s1. The Balaban J connectivity index is 1.83. The van der Waals surface area contributed by atoms with Crippen molar-refractivity contribution in [2.45, 2.75) is 19.3 Å². The number of rotatable bonds is 7. The molecule has 1 saturated heterocycles. The lowest BCUT2D eigenvalue weighted by molar-refractivity contribution is -0.858. The minimum Gasteiger partial charge on any atom is -0.340 e. The van der Waals surface area contributed by atoms with Gasteiger partial charge in [0, 0.05) is 30.8 Å². The molecule has 0 radical (unpaired) electrons. The molecule has 2 heterocycles. The fraction of sp³-hybridized carbons (Fsp3) is 0.444. The van der Waals surface area contributed by atoms with Crippen LogP contribution in [0.2, 0.25) is 5.02 Å². The molecule has 0 atom stereocenters. The minimum absolute atomic E-state index is 0.176. The second-order valence-corrected chi connectivity index (χ2v) is 8.28. The van der Waals surface area contributed by atoms with E-state index in [4.69, 9.17) is 11.6 Å². The molecular formula is C18H22ClN4O3S+. The predicted molar refractivity (Wildman–Crippen MR) is 105 cm³/mol. The van der Waals surface area contributed by atoms with E-state index < -0.39 is 0 Å². The van der Waals surface area contributed by atoms with Crippen LogP contribution >= 0.6 is 22.9 Å². The summed E-state index contributed by atoms with van der Waals surface area (Å²) in [7, 11) is 4.10. The number of aromatic nitrogens is 1. The number of imide groups is 1. The number of hydrogen-bond acceptors (Lipinski definition) is 5. The summed E-state index contributed by atoms with van der Waals surface area (Å²) in [5.74, 6) is -0.873. The highest BCUT2D eigenvalue weighted by Gasteiger charge is 2.32. The first-order chi connectivity index (χ1) is 12.8. The van der Waals surface area contributed by atoms with Crippen molar-refractivity contribution in [2.75, 3.05) is 38.6 Å². The number of thiazole rings is 1. The summed E-state index contributed by atoms with van der Waals surface area (Å²) in [4.78, 5) is 45.1. The Kier molecular flexibility index (Phi) is 6.08. The van der Waals surface area contributed by atoms with E-state index in [0.717, 1.165) is 28.1 Å². The molecule has 3 rings (SSSR count). The molecule has 1 aliphatic rings. The van der Waals surface area contributed by atoms with Crippen LogP contribution in [-0.4, -0.2) is 61.3 Å². The summed E-state index contributed by atoms with van der Waals surface area (Å²) in [5.41, 5.74) is 0.767. The standard InChI is InChI=1S/C18H21ClN4O3S/c1-21(2)8-3-9-22(17(26)11-23-15(24)6-7-16(23)25)18-20-13-5-4-12(19)10-14(13)27-18/h4-5,10H,3,6-9,11H2,1-2H3/p+1. The van der Waals surface area contributed by atoms with E-state index in [-0.39, 0.29) is 37.1 Å². The van der Waals surface area contributed by atoms with Crippen molar-refractivity contribution in [3.05, 3.63) is 23.2 Å². The second kappa shape index (κ2) is 8.33. The average molecular weight is 410 g/mol. The molecule has 0 bridgehead atoms. The number of carbonyl (C=O) groups excluding carboxylic acids is 3. The van der Waals surface area contributed by atoms with E-state index in [2.05, 4.69) is 4.98 Å². The van der Waals surface area contributed by atoms with Gasteiger partial charge in [-0.2, -0.15) is 0 Å². The smallest absolute Gasteiger partial charge is 0.248 e. The Bertz CT molecular complexity index is 867. The fourth-order valence-corrected chi connectivity index (χ4v) is 4.22. The second-order valence-electron chi connectivity index (χ2n) is 6.84. The van der Waals surface area contributed by atoms with E-state index in [0.29, 0.717) is 16.7 Å². The van der Waals surface area contributed by atoms with Gasteiger partial charge in [0.2, 0.25) is 17.7 Å². The number of likely N-dealkylation sites (tertiary alicyclic amines) is 1. The number of carbonyl (C=O) groups is 3. The zero-order chi connectivity index (χ0) is 19.6. The largest absolute Gasteiger partial charge is 0.340 e. The van der Waals surface area contributed by atoms with Crippen molar-refractivity contribution in [3.8, 4) is 0 Å². The Hall–Kier alpha value is -2.03. The van der Waals surface area contributed by atoms with Crippen LogP contribution in [0.25, 0.3) is 10.2 Å². The summed E-state index contributed by atoms with van der Waals surface area (Å²) in [6.45, 7) is 1.14. The van der Waals surface area contributed by atoms with Gasteiger partial charge < -0.3 is 4.90 Å². The normalized spacial score (nSPS) is 14.6. The quantitative estimate of drug-likeness (QED) is 0.691. The number of halogens is 1. The molecule has 0 unspecified atom stereocenters. The van der Waals surface area contributed by atoms with E-state index in [1.807, 2.05) is 26.2 Å². The highest BCUT2D eigenvalue weighted by molar-refractivity contribution is 7.22. The van der Waals surface area contributed by atoms with Gasteiger partial charge in [-0.1, -0.05) is 22.9 Å². The first-order valence-corrected chi connectivity index (χ1v) is 10.0. The molecule has 9 heteroatoms. The van der Waals surface area contributed by atoms with Gasteiger partial charge >= 0.3 is 0 Å². The van der Waals surface area contributed by atoms with Crippen molar-refractivity contribution in [1.29, 1.82) is 0 Å². The highest BCUT2D eigenvalue weighted by Crippen LogP contribution is 2.31.